The Labute approximate surface area is 182 Å². The van der Waals surface area contributed by atoms with Crippen molar-refractivity contribution in [3.8, 4) is 6.07 Å². The summed E-state index contributed by atoms with van der Waals surface area (Å²) < 4.78 is 14.6. The maximum absolute atomic E-state index is 9.16. The Hall–Kier alpha value is -1.41. The van der Waals surface area contributed by atoms with Crippen molar-refractivity contribution in [1.82, 2.24) is 0 Å². The van der Waals surface area contributed by atoms with Crippen molar-refractivity contribution in [2.24, 2.45) is 0 Å². The monoisotopic (exact) mass is 473 g/mol. The second-order valence-corrected chi connectivity index (χ2v) is 17.1. The first kappa shape index (κ1) is 22.3. The summed E-state index contributed by atoms with van der Waals surface area (Å²) in [7, 11) is -2.06. The van der Waals surface area contributed by atoms with Crippen molar-refractivity contribution in [1.29, 1.82) is 5.26 Å². The summed E-state index contributed by atoms with van der Waals surface area (Å²) in [5, 5.41) is 9.27. The van der Waals surface area contributed by atoms with Crippen LogP contribution in [0.3, 0.4) is 0 Å². The van der Waals surface area contributed by atoms with E-state index in [2.05, 4.69) is 84.1 Å². The zero-order valence-electron chi connectivity index (χ0n) is 18.4. The van der Waals surface area contributed by atoms with Crippen LogP contribution in [0, 0.1) is 11.3 Å². The van der Waals surface area contributed by atoms with Gasteiger partial charge in [0.25, 0.3) is 0 Å². The van der Waals surface area contributed by atoms with Gasteiger partial charge in [0.15, 0.2) is 0 Å². The summed E-state index contributed by atoms with van der Waals surface area (Å²) in [6, 6.07) is 20.6. The van der Waals surface area contributed by atoms with Crippen LogP contribution in [-0.4, -0.2) is 33.4 Å². The van der Waals surface area contributed by atoms with Crippen molar-refractivity contribution in [3.63, 3.8) is 0 Å². The van der Waals surface area contributed by atoms with Gasteiger partial charge in [-0.3, -0.25) is 0 Å². The summed E-state index contributed by atoms with van der Waals surface area (Å²) in [6.07, 6.45) is -0.139. The Balaban J connectivity index is 2.08. The van der Waals surface area contributed by atoms with Crippen LogP contribution in [0.1, 0.15) is 51.8 Å². The summed E-state index contributed by atoms with van der Waals surface area (Å²) in [4.78, 5) is 0. The van der Waals surface area contributed by atoms with Crippen molar-refractivity contribution in [3.05, 3.63) is 65.7 Å². The molecule has 5 heteroatoms. The fourth-order valence-corrected chi connectivity index (χ4v) is 8.91. The van der Waals surface area contributed by atoms with Gasteiger partial charge >= 0.3 is 183 Å². The SMILES string of the molecule is CC1(C)O[C@H](c2ccc(C#N)cc2)[C@@]1(O[Si](C)(C)C(C)(C)C)[Se]c1ccccc1. The number of hydrogen-bond acceptors (Lipinski definition) is 3. The molecule has 0 spiro atoms. The van der Waals surface area contributed by atoms with Crippen LogP contribution in [0.4, 0.5) is 0 Å². The van der Waals surface area contributed by atoms with E-state index in [4.69, 9.17) is 14.4 Å². The van der Waals surface area contributed by atoms with Crippen LogP contribution in [0.15, 0.2) is 54.6 Å². The summed E-state index contributed by atoms with van der Waals surface area (Å²) >= 11 is 0.0596. The van der Waals surface area contributed by atoms with E-state index >= 15 is 0 Å². The molecule has 1 aliphatic heterocycles. The topological polar surface area (TPSA) is 42.2 Å². The van der Waals surface area contributed by atoms with Gasteiger partial charge in [-0.05, 0) is 0 Å². The Kier molecular flexibility index (Phi) is 5.90. The van der Waals surface area contributed by atoms with Crippen molar-refractivity contribution in [2.75, 3.05) is 0 Å². The molecule has 0 N–H and O–H groups in total. The average Bonchev–Trinajstić information content (AvgIpc) is 2.65. The van der Waals surface area contributed by atoms with Gasteiger partial charge in [0.05, 0.1) is 0 Å². The molecule has 0 bridgehead atoms. The normalized spacial score (nSPS) is 23.9. The van der Waals surface area contributed by atoms with Crippen LogP contribution in [0.5, 0.6) is 0 Å². The molecular weight excluding hydrogens is 441 g/mol. The molecule has 1 saturated heterocycles. The van der Waals surface area contributed by atoms with Gasteiger partial charge in [0.2, 0.25) is 0 Å². The average molecular weight is 473 g/mol. The molecule has 0 saturated carbocycles. The van der Waals surface area contributed by atoms with Crippen LogP contribution in [0.25, 0.3) is 0 Å². The van der Waals surface area contributed by atoms with E-state index in [1.165, 1.54) is 4.46 Å². The first-order valence-electron chi connectivity index (χ1n) is 10.0. The summed E-state index contributed by atoms with van der Waals surface area (Å²) in [5.41, 5.74) is 1.35. The standard InChI is InChI=1S/C24H31NO2SeSi/c1-22(2,3)29(6,7)27-24(28-20-11-9-8-10-12-20)21(26-23(24,4)5)19-15-13-18(17-25)14-16-19/h8-16,21H,1-7H3/t21-,24-/m1/s1. The van der Waals surface area contributed by atoms with Gasteiger partial charge in [-0.1, -0.05) is 0 Å². The molecule has 2 aromatic rings. The predicted octanol–water partition coefficient (Wildman–Crippen LogP) is 5.16. The van der Waals surface area contributed by atoms with E-state index < -0.39 is 18.4 Å². The van der Waals surface area contributed by atoms with E-state index in [0.717, 1.165) is 5.56 Å². The molecule has 3 nitrogen and oxygen atoms in total. The molecular formula is C24H31NO2SeSi. The van der Waals surface area contributed by atoms with E-state index in [1.807, 2.05) is 24.3 Å². The van der Waals surface area contributed by atoms with Gasteiger partial charge in [0.1, 0.15) is 0 Å². The second kappa shape index (κ2) is 7.69. The number of ether oxygens (including phenoxy) is 1. The van der Waals surface area contributed by atoms with Gasteiger partial charge in [-0.2, -0.15) is 0 Å². The summed E-state index contributed by atoms with van der Waals surface area (Å²) in [6.45, 7) is 15.8. The number of nitrogens with zero attached hydrogens (tertiary/aromatic N) is 1. The minimum absolute atomic E-state index is 0.0596. The van der Waals surface area contributed by atoms with Crippen LogP contribution in [0.2, 0.25) is 18.1 Å². The minimum atomic E-state index is -2.06. The van der Waals surface area contributed by atoms with Crippen molar-refractivity contribution in [2.45, 2.75) is 69.0 Å². The first-order valence-corrected chi connectivity index (χ1v) is 14.7. The quantitative estimate of drug-likeness (QED) is 0.565. The van der Waals surface area contributed by atoms with Gasteiger partial charge in [0, 0.05) is 0 Å². The fourth-order valence-electron chi connectivity index (χ4n) is 3.30. The molecule has 3 rings (SSSR count). The molecule has 2 atom stereocenters. The molecule has 0 aliphatic carbocycles. The number of nitriles is 1. The van der Waals surface area contributed by atoms with Crippen LogP contribution in [-0.2, 0) is 9.16 Å². The number of rotatable bonds is 5. The summed E-state index contributed by atoms with van der Waals surface area (Å²) in [5.74, 6) is 0. The van der Waals surface area contributed by atoms with Crippen molar-refractivity contribution < 1.29 is 9.16 Å². The molecule has 0 amide bonds. The van der Waals surface area contributed by atoms with E-state index in [-0.39, 0.29) is 26.1 Å². The Morgan fingerprint density at radius 2 is 1.62 bits per heavy atom. The second-order valence-electron chi connectivity index (χ2n) is 9.69. The molecule has 0 unspecified atom stereocenters. The molecule has 0 aromatic heterocycles. The molecule has 154 valence electrons. The number of hydrogen-bond donors (Lipinski definition) is 0. The third-order valence-electron chi connectivity index (χ3n) is 6.17. The zero-order chi connectivity index (χ0) is 21.5. The van der Waals surface area contributed by atoms with Gasteiger partial charge < -0.3 is 0 Å². The van der Waals surface area contributed by atoms with Crippen molar-refractivity contribution >= 4 is 27.7 Å². The molecule has 1 aliphatic rings. The third-order valence-corrected chi connectivity index (χ3v) is 14.3. The predicted molar refractivity (Wildman–Crippen MR) is 122 cm³/mol. The van der Waals surface area contributed by atoms with Gasteiger partial charge in [-0.25, -0.2) is 0 Å². The molecule has 1 fully saturated rings. The fraction of sp³-hybridized carbons (Fsp3) is 0.458. The van der Waals surface area contributed by atoms with Crippen LogP contribution < -0.4 is 4.46 Å². The molecule has 29 heavy (non-hydrogen) atoms. The van der Waals surface area contributed by atoms with E-state index in [0.29, 0.717) is 5.56 Å². The van der Waals surface area contributed by atoms with Gasteiger partial charge in [-0.15, -0.1) is 0 Å². The number of benzene rings is 2. The first-order chi connectivity index (χ1) is 13.4. The maximum atomic E-state index is 9.16. The molecule has 0 radical (unpaired) electrons. The van der Waals surface area contributed by atoms with E-state index in [1.54, 1.807) is 0 Å². The Morgan fingerprint density at radius 3 is 2.10 bits per heavy atom. The zero-order valence-corrected chi connectivity index (χ0v) is 21.2. The van der Waals surface area contributed by atoms with E-state index in [9.17, 15) is 0 Å². The Morgan fingerprint density at radius 1 is 1.03 bits per heavy atom. The third kappa shape index (κ3) is 4.10. The molecule has 1 heterocycles. The van der Waals surface area contributed by atoms with Crippen LogP contribution >= 0.6 is 0 Å². The Bertz CT molecular complexity index is 897. The molecule has 2 aromatic carbocycles.